The van der Waals surface area contributed by atoms with E-state index in [4.69, 9.17) is 0 Å². The normalized spacial score (nSPS) is 12.2. The Morgan fingerprint density at radius 1 is 1.38 bits per heavy atom. The van der Waals surface area contributed by atoms with Gasteiger partial charge in [0.15, 0.2) is 0 Å². The average molecular weight is 217 g/mol. The van der Waals surface area contributed by atoms with Crippen molar-refractivity contribution in [1.29, 1.82) is 0 Å². The Morgan fingerprint density at radius 2 is 2.12 bits per heavy atom. The van der Waals surface area contributed by atoms with Crippen LogP contribution in [0.1, 0.15) is 17.0 Å². The molecule has 0 aliphatic heterocycles. The van der Waals surface area contributed by atoms with Crippen molar-refractivity contribution >= 4 is 5.97 Å². The van der Waals surface area contributed by atoms with E-state index in [1.807, 2.05) is 30.3 Å². The van der Waals surface area contributed by atoms with Gasteiger partial charge in [0.2, 0.25) is 0 Å². The second kappa shape index (κ2) is 4.61. The van der Waals surface area contributed by atoms with Crippen LogP contribution in [0.5, 0.6) is 0 Å². The molecule has 1 aromatic heterocycles. The van der Waals surface area contributed by atoms with Crippen molar-refractivity contribution < 1.29 is 14.4 Å². The summed E-state index contributed by atoms with van der Waals surface area (Å²) in [6.45, 7) is 0. The largest absolute Gasteiger partial charge is 0.481 e. The second-order valence-corrected chi connectivity index (χ2v) is 3.54. The third kappa shape index (κ3) is 2.28. The van der Waals surface area contributed by atoms with E-state index in [-0.39, 0.29) is 0 Å². The Bertz CT molecular complexity index is 450. The molecule has 0 radical (unpaired) electrons. The van der Waals surface area contributed by atoms with Gasteiger partial charge in [0.1, 0.15) is 6.26 Å². The van der Waals surface area contributed by atoms with Gasteiger partial charge < -0.3 is 9.63 Å². The van der Waals surface area contributed by atoms with Gasteiger partial charge in [0.05, 0.1) is 12.1 Å². The highest BCUT2D eigenvalue weighted by Crippen LogP contribution is 2.20. The molecule has 0 spiro atoms. The number of hydrogen-bond acceptors (Lipinski definition) is 3. The van der Waals surface area contributed by atoms with E-state index in [1.54, 1.807) is 6.20 Å². The van der Waals surface area contributed by atoms with E-state index in [0.717, 1.165) is 11.1 Å². The number of aromatic nitrogens is 1. The van der Waals surface area contributed by atoms with Crippen molar-refractivity contribution in [2.75, 3.05) is 0 Å². The molecule has 4 heteroatoms. The molecule has 2 aromatic rings. The molecule has 82 valence electrons. The predicted molar refractivity (Wildman–Crippen MR) is 57.0 cm³/mol. The highest BCUT2D eigenvalue weighted by molar-refractivity contribution is 5.76. The highest BCUT2D eigenvalue weighted by atomic mass is 16.5. The first-order valence-corrected chi connectivity index (χ1v) is 4.93. The molecule has 1 unspecified atom stereocenters. The van der Waals surface area contributed by atoms with Crippen LogP contribution in [0.15, 0.2) is 47.3 Å². The molecule has 2 rings (SSSR count). The first-order valence-electron chi connectivity index (χ1n) is 4.93. The first-order chi connectivity index (χ1) is 7.77. The number of aliphatic carboxylic acids is 1. The van der Waals surface area contributed by atoms with Crippen LogP contribution >= 0.6 is 0 Å². The first kappa shape index (κ1) is 10.4. The van der Waals surface area contributed by atoms with Crippen molar-refractivity contribution in [2.45, 2.75) is 12.3 Å². The van der Waals surface area contributed by atoms with Gasteiger partial charge in [0.25, 0.3) is 0 Å². The Balaban J connectivity index is 2.22. The number of carboxylic acids is 1. The van der Waals surface area contributed by atoms with Crippen molar-refractivity contribution in [3.8, 4) is 0 Å². The molecule has 0 aliphatic rings. The molecule has 1 atom stereocenters. The molecule has 0 aliphatic carbocycles. The molecule has 1 heterocycles. The zero-order valence-corrected chi connectivity index (χ0v) is 8.54. The molecule has 16 heavy (non-hydrogen) atoms. The summed E-state index contributed by atoms with van der Waals surface area (Å²) in [6.07, 6.45) is 3.40. The standard InChI is InChI=1S/C12H11NO3/c14-12(15)11(6-9-7-13-16-8-9)10-4-2-1-3-5-10/h1-5,7-8,11H,6H2,(H,14,15). The minimum atomic E-state index is -0.840. The molecule has 0 saturated carbocycles. The van der Waals surface area contributed by atoms with Gasteiger partial charge in [-0.3, -0.25) is 4.79 Å². The molecular formula is C12H11NO3. The van der Waals surface area contributed by atoms with E-state index in [9.17, 15) is 9.90 Å². The van der Waals surface area contributed by atoms with Crippen molar-refractivity contribution in [3.63, 3.8) is 0 Å². The lowest BCUT2D eigenvalue weighted by Crippen LogP contribution is -2.14. The molecule has 0 amide bonds. The molecule has 1 aromatic carbocycles. The van der Waals surface area contributed by atoms with Crippen molar-refractivity contribution in [3.05, 3.63) is 53.9 Å². The predicted octanol–water partition coefficient (Wildman–Crippen LogP) is 2.09. The molecule has 0 bridgehead atoms. The summed E-state index contributed by atoms with van der Waals surface area (Å²) >= 11 is 0. The van der Waals surface area contributed by atoms with E-state index >= 15 is 0 Å². The van der Waals surface area contributed by atoms with Crippen LogP contribution in [-0.2, 0) is 11.2 Å². The van der Waals surface area contributed by atoms with Crippen LogP contribution in [0.25, 0.3) is 0 Å². The number of hydrogen-bond donors (Lipinski definition) is 1. The minimum Gasteiger partial charge on any atom is -0.481 e. The molecular weight excluding hydrogens is 206 g/mol. The summed E-state index contributed by atoms with van der Waals surface area (Å²) < 4.78 is 4.69. The Labute approximate surface area is 92.5 Å². The van der Waals surface area contributed by atoms with E-state index in [1.165, 1.54) is 6.26 Å². The summed E-state index contributed by atoms with van der Waals surface area (Å²) in [6, 6.07) is 9.15. The van der Waals surface area contributed by atoms with Crippen LogP contribution in [0, 0.1) is 0 Å². The average Bonchev–Trinajstić information content (AvgIpc) is 2.79. The Kier molecular flexibility index (Phi) is 3.00. The van der Waals surface area contributed by atoms with Gasteiger partial charge in [-0.15, -0.1) is 0 Å². The highest BCUT2D eigenvalue weighted by Gasteiger charge is 2.20. The second-order valence-electron chi connectivity index (χ2n) is 3.54. The number of carbonyl (C=O) groups is 1. The van der Waals surface area contributed by atoms with E-state index in [0.29, 0.717) is 6.42 Å². The SMILES string of the molecule is O=C(O)C(Cc1cnoc1)c1ccccc1. The maximum Gasteiger partial charge on any atom is 0.311 e. The quantitative estimate of drug-likeness (QED) is 0.851. The van der Waals surface area contributed by atoms with Gasteiger partial charge in [-0.1, -0.05) is 35.5 Å². The minimum absolute atomic E-state index is 0.392. The van der Waals surface area contributed by atoms with Gasteiger partial charge in [-0.25, -0.2) is 0 Å². The van der Waals surface area contributed by atoms with Crippen LogP contribution in [0.2, 0.25) is 0 Å². The maximum atomic E-state index is 11.2. The zero-order valence-electron chi connectivity index (χ0n) is 8.54. The summed E-state index contributed by atoms with van der Waals surface area (Å²) in [5, 5.41) is 12.7. The summed E-state index contributed by atoms with van der Waals surface area (Å²) in [7, 11) is 0. The van der Waals surface area contributed by atoms with E-state index < -0.39 is 11.9 Å². The fourth-order valence-corrected chi connectivity index (χ4v) is 1.60. The lowest BCUT2D eigenvalue weighted by atomic mass is 9.93. The third-order valence-electron chi connectivity index (χ3n) is 2.42. The maximum absolute atomic E-state index is 11.2. The molecule has 0 saturated heterocycles. The smallest absolute Gasteiger partial charge is 0.311 e. The summed E-state index contributed by atoms with van der Waals surface area (Å²) in [5.41, 5.74) is 1.58. The van der Waals surface area contributed by atoms with E-state index in [2.05, 4.69) is 9.68 Å². The molecule has 0 fully saturated rings. The van der Waals surface area contributed by atoms with Gasteiger partial charge in [0, 0.05) is 5.56 Å². The fourth-order valence-electron chi connectivity index (χ4n) is 1.60. The number of benzene rings is 1. The van der Waals surface area contributed by atoms with Crippen LogP contribution in [0.3, 0.4) is 0 Å². The fraction of sp³-hybridized carbons (Fsp3) is 0.167. The van der Waals surface area contributed by atoms with Gasteiger partial charge in [-0.2, -0.15) is 0 Å². The zero-order chi connectivity index (χ0) is 11.4. The number of rotatable bonds is 4. The number of carboxylic acid groups (broad SMARTS) is 1. The van der Waals surface area contributed by atoms with Crippen LogP contribution in [0.4, 0.5) is 0 Å². The van der Waals surface area contributed by atoms with Crippen molar-refractivity contribution in [2.24, 2.45) is 0 Å². The Hall–Kier alpha value is -2.10. The molecule has 1 N–H and O–H groups in total. The Morgan fingerprint density at radius 3 is 2.69 bits per heavy atom. The van der Waals surface area contributed by atoms with Crippen molar-refractivity contribution in [1.82, 2.24) is 5.16 Å². The lowest BCUT2D eigenvalue weighted by molar-refractivity contribution is -0.138. The van der Waals surface area contributed by atoms with Gasteiger partial charge in [-0.05, 0) is 12.0 Å². The third-order valence-corrected chi connectivity index (χ3v) is 2.42. The topological polar surface area (TPSA) is 63.3 Å². The summed E-state index contributed by atoms with van der Waals surface area (Å²) in [4.78, 5) is 11.2. The summed E-state index contributed by atoms with van der Waals surface area (Å²) in [5.74, 6) is -1.40. The molecule has 4 nitrogen and oxygen atoms in total. The van der Waals surface area contributed by atoms with Crippen LogP contribution in [-0.4, -0.2) is 16.2 Å². The monoisotopic (exact) mass is 217 g/mol. The van der Waals surface area contributed by atoms with Crippen LogP contribution < -0.4 is 0 Å². The number of nitrogens with zero attached hydrogens (tertiary/aromatic N) is 1. The van der Waals surface area contributed by atoms with Gasteiger partial charge >= 0.3 is 5.97 Å². The lowest BCUT2D eigenvalue weighted by Gasteiger charge is -2.10.